The minimum absolute atomic E-state index is 0.0969. The molecule has 0 aromatic heterocycles. The molecule has 0 unspecified atom stereocenters. The highest BCUT2D eigenvalue weighted by molar-refractivity contribution is 6.78. The van der Waals surface area contributed by atoms with Gasteiger partial charge in [0.2, 0.25) is 0 Å². The van der Waals surface area contributed by atoms with Crippen molar-refractivity contribution in [3.8, 4) is 5.75 Å². The predicted molar refractivity (Wildman–Crippen MR) is 124 cm³/mol. The van der Waals surface area contributed by atoms with Gasteiger partial charge in [-0.3, -0.25) is 0 Å². The number of rotatable bonds is 10. The Bertz CT molecular complexity index is 838. The van der Waals surface area contributed by atoms with Crippen LogP contribution in [0, 0.1) is 0 Å². The molecule has 0 fully saturated rings. The van der Waals surface area contributed by atoms with E-state index in [1.54, 1.807) is 24.3 Å². The molecule has 176 valence electrons. The van der Waals surface area contributed by atoms with Gasteiger partial charge in [0, 0.05) is 5.56 Å². The molecule has 0 aliphatic carbocycles. The maximum atomic E-state index is 12.8. The Hall–Kier alpha value is -2.41. The van der Waals surface area contributed by atoms with Crippen molar-refractivity contribution in [1.82, 2.24) is 0 Å². The largest absolute Gasteiger partial charge is 0.572 e. The Labute approximate surface area is 190 Å². The fourth-order valence-electron chi connectivity index (χ4n) is 4.27. The van der Waals surface area contributed by atoms with E-state index in [9.17, 15) is 13.2 Å². The molecule has 0 aliphatic heterocycles. The maximum absolute atomic E-state index is 12.8. The smallest absolute Gasteiger partial charge is 0.540 e. The fourth-order valence-corrected chi connectivity index (χ4v) is 9.53. The van der Waals surface area contributed by atoms with Crippen molar-refractivity contribution >= 4 is 14.1 Å². The minimum Gasteiger partial charge on any atom is -0.540 e. The van der Waals surface area contributed by atoms with Gasteiger partial charge >= 0.3 is 6.36 Å². The van der Waals surface area contributed by atoms with Gasteiger partial charge in [0.1, 0.15) is 24.4 Å². The van der Waals surface area contributed by atoms with E-state index >= 15 is 0 Å². The second-order valence-corrected chi connectivity index (χ2v) is 14.1. The monoisotopic (exact) mass is 466 g/mol. The second-order valence-electron chi connectivity index (χ2n) is 8.76. The number of ether oxygens (including phenoxy) is 2. The van der Waals surface area contributed by atoms with Crippen molar-refractivity contribution in [3.05, 3.63) is 72.0 Å². The minimum atomic E-state index is -4.79. The lowest BCUT2D eigenvalue weighted by Crippen LogP contribution is -2.47. The number of benzene rings is 2. The zero-order valence-electron chi connectivity index (χ0n) is 19.6. The van der Waals surface area contributed by atoms with E-state index in [1.165, 1.54) is 0 Å². The summed E-state index contributed by atoms with van der Waals surface area (Å²) in [5, 5.41) is 0. The second kappa shape index (κ2) is 10.9. The number of alkyl halides is 3. The first kappa shape index (κ1) is 25.8. The lowest BCUT2D eigenvalue weighted by Gasteiger charge is -2.42. The average Bonchev–Trinajstić information content (AvgIpc) is 2.72. The molecule has 32 heavy (non-hydrogen) atoms. The van der Waals surface area contributed by atoms with Crippen molar-refractivity contribution in [2.45, 2.75) is 71.1 Å². The summed E-state index contributed by atoms with van der Waals surface area (Å²) >= 11 is 0. The molecular formula is C25H33F3O3Si. The van der Waals surface area contributed by atoms with E-state index in [0.717, 1.165) is 5.56 Å². The zero-order chi connectivity index (χ0) is 23.9. The number of hydrogen-bond donors (Lipinski definition) is 0. The average molecular weight is 467 g/mol. The molecule has 3 nitrogen and oxygen atoms in total. The summed E-state index contributed by atoms with van der Waals surface area (Å²) < 4.78 is 54.9. The lowest BCUT2D eigenvalue weighted by atomic mass is 10.2. The molecule has 0 saturated carbocycles. The molecule has 0 heterocycles. The number of halogens is 3. The van der Waals surface area contributed by atoms with Gasteiger partial charge in [-0.15, -0.1) is 13.2 Å². The molecule has 2 aromatic rings. The topological polar surface area (TPSA) is 27.7 Å². The van der Waals surface area contributed by atoms with Gasteiger partial charge in [-0.25, -0.2) is 0 Å². The Balaban J connectivity index is 2.32. The third kappa shape index (κ3) is 6.79. The van der Waals surface area contributed by atoms with Gasteiger partial charge < -0.3 is 13.9 Å². The van der Waals surface area contributed by atoms with Crippen LogP contribution in [0.25, 0.3) is 5.76 Å². The molecule has 0 radical (unpaired) electrons. The summed E-state index contributed by atoms with van der Waals surface area (Å²) in [6.07, 6.45) is -4.10. The van der Waals surface area contributed by atoms with E-state index in [0.29, 0.717) is 24.2 Å². The van der Waals surface area contributed by atoms with E-state index in [-0.39, 0.29) is 22.4 Å². The van der Waals surface area contributed by atoms with Crippen LogP contribution in [0.5, 0.6) is 5.75 Å². The third-order valence-electron chi connectivity index (χ3n) is 5.68. The fraction of sp³-hybridized carbons (Fsp3) is 0.440. The SMILES string of the molecule is CC(C)[Si](O/C(=C\OC(F)(F)F)c1ccc(OCc2ccccc2)cc1)(C(C)C)C(C)C. The van der Waals surface area contributed by atoms with Gasteiger partial charge in [-0.05, 0) is 46.5 Å². The van der Waals surface area contributed by atoms with E-state index < -0.39 is 14.7 Å². The Morgan fingerprint density at radius 2 is 1.38 bits per heavy atom. The van der Waals surface area contributed by atoms with Crippen LogP contribution in [0.1, 0.15) is 52.7 Å². The van der Waals surface area contributed by atoms with Gasteiger partial charge in [0.15, 0.2) is 0 Å². The van der Waals surface area contributed by atoms with E-state index in [4.69, 9.17) is 9.16 Å². The summed E-state index contributed by atoms with van der Waals surface area (Å²) in [6.45, 7) is 12.9. The third-order valence-corrected chi connectivity index (χ3v) is 11.7. The summed E-state index contributed by atoms with van der Waals surface area (Å²) in [7, 11) is -2.49. The Morgan fingerprint density at radius 1 is 0.844 bits per heavy atom. The van der Waals surface area contributed by atoms with Crippen LogP contribution >= 0.6 is 0 Å². The Morgan fingerprint density at radius 3 is 1.84 bits per heavy atom. The first-order chi connectivity index (χ1) is 15.0. The van der Waals surface area contributed by atoms with Crippen molar-refractivity contribution in [3.63, 3.8) is 0 Å². The molecule has 0 aliphatic rings. The van der Waals surface area contributed by atoms with Crippen molar-refractivity contribution in [1.29, 1.82) is 0 Å². The normalized spacial score (nSPS) is 13.1. The number of hydrogen-bond acceptors (Lipinski definition) is 3. The van der Waals surface area contributed by atoms with E-state index in [2.05, 4.69) is 46.3 Å². The summed E-state index contributed by atoms with van der Waals surface area (Å²) in [4.78, 5) is 0. The van der Waals surface area contributed by atoms with Gasteiger partial charge in [-0.2, -0.15) is 0 Å². The lowest BCUT2D eigenvalue weighted by molar-refractivity contribution is -0.298. The zero-order valence-corrected chi connectivity index (χ0v) is 20.6. The van der Waals surface area contributed by atoms with Crippen LogP contribution in [-0.2, 0) is 15.8 Å². The molecule has 0 spiro atoms. The first-order valence-corrected chi connectivity index (χ1v) is 13.0. The van der Waals surface area contributed by atoms with Crippen LogP contribution in [0.3, 0.4) is 0 Å². The van der Waals surface area contributed by atoms with Crippen molar-refractivity contribution in [2.24, 2.45) is 0 Å². The molecule has 2 rings (SSSR count). The van der Waals surface area contributed by atoms with Crippen LogP contribution < -0.4 is 4.74 Å². The summed E-state index contributed by atoms with van der Waals surface area (Å²) in [6, 6.07) is 16.6. The maximum Gasteiger partial charge on any atom is 0.572 e. The highest BCUT2D eigenvalue weighted by Gasteiger charge is 2.47. The molecular weight excluding hydrogens is 433 g/mol. The quantitative estimate of drug-likeness (QED) is 0.260. The van der Waals surface area contributed by atoms with Crippen LogP contribution in [0.15, 0.2) is 60.9 Å². The predicted octanol–water partition coefficient (Wildman–Crippen LogP) is 8.29. The molecule has 2 aromatic carbocycles. The molecule has 0 atom stereocenters. The van der Waals surface area contributed by atoms with Gasteiger partial charge in [0.05, 0.1) is 0 Å². The highest BCUT2D eigenvalue weighted by Crippen LogP contribution is 2.45. The molecule has 0 N–H and O–H groups in total. The standard InChI is InChI=1S/C25H33F3O3Si/c1-18(2)32(19(3)4,20(5)6)31-24(17-30-25(26,27)28)22-12-14-23(15-13-22)29-16-21-10-8-7-9-11-21/h7-15,17-20H,16H2,1-6H3/b24-17-. The van der Waals surface area contributed by atoms with Gasteiger partial charge in [0.25, 0.3) is 8.32 Å². The van der Waals surface area contributed by atoms with Crippen molar-refractivity contribution < 1.29 is 27.1 Å². The molecule has 0 amide bonds. The highest BCUT2D eigenvalue weighted by atomic mass is 28.4. The summed E-state index contributed by atoms with van der Waals surface area (Å²) in [5.41, 5.74) is 2.14. The van der Waals surface area contributed by atoms with Crippen LogP contribution in [0.2, 0.25) is 16.6 Å². The van der Waals surface area contributed by atoms with Crippen molar-refractivity contribution in [2.75, 3.05) is 0 Å². The first-order valence-electron chi connectivity index (χ1n) is 10.9. The van der Waals surface area contributed by atoms with Gasteiger partial charge in [-0.1, -0.05) is 71.9 Å². The summed E-state index contributed by atoms with van der Waals surface area (Å²) in [5.74, 6) is 0.716. The molecule has 0 bridgehead atoms. The Kier molecular flexibility index (Phi) is 8.84. The van der Waals surface area contributed by atoms with E-state index in [1.807, 2.05) is 30.3 Å². The molecule has 7 heteroatoms. The van der Waals surface area contributed by atoms with Crippen LogP contribution in [0.4, 0.5) is 13.2 Å². The van der Waals surface area contributed by atoms with Crippen LogP contribution in [-0.4, -0.2) is 14.7 Å². The molecule has 0 saturated heterocycles.